The van der Waals surface area contributed by atoms with Gasteiger partial charge in [-0.15, -0.1) is 0 Å². The summed E-state index contributed by atoms with van der Waals surface area (Å²) in [4.78, 5) is 12.0. The lowest BCUT2D eigenvalue weighted by molar-refractivity contribution is 0.102. The molecule has 0 atom stereocenters. The van der Waals surface area contributed by atoms with Crippen LogP contribution in [0.3, 0.4) is 0 Å². The SMILES string of the molecule is COc1ccc(NC(=O)c2cc(N)c(F)cc2F)cc1C. The first-order chi connectivity index (χ1) is 9.92. The minimum Gasteiger partial charge on any atom is -0.496 e. The predicted molar refractivity (Wildman–Crippen MR) is 76.5 cm³/mol. The highest BCUT2D eigenvalue weighted by molar-refractivity contribution is 6.05. The van der Waals surface area contributed by atoms with Crippen LogP contribution in [0.25, 0.3) is 0 Å². The minimum atomic E-state index is -0.968. The predicted octanol–water partition coefficient (Wildman–Crippen LogP) is 3.12. The summed E-state index contributed by atoms with van der Waals surface area (Å²) in [6.07, 6.45) is 0. The molecular weight excluding hydrogens is 278 g/mol. The number of carbonyl (C=O) groups is 1. The van der Waals surface area contributed by atoms with E-state index in [9.17, 15) is 13.6 Å². The molecule has 21 heavy (non-hydrogen) atoms. The van der Waals surface area contributed by atoms with Crippen molar-refractivity contribution in [2.24, 2.45) is 0 Å². The summed E-state index contributed by atoms with van der Waals surface area (Å²) < 4.78 is 31.8. The summed E-state index contributed by atoms with van der Waals surface area (Å²) in [5, 5.41) is 2.53. The van der Waals surface area contributed by atoms with Gasteiger partial charge in [-0.2, -0.15) is 0 Å². The van der Waals surface area contributed by atoms with Gasteiger partial charge < -0.3 is 15.8 Å². The van der Waals surface area contributed by atoms with Gasteiger partial charge in [-0.3, -0.25) is 4.79 Å². The van der Waals surface area contributed by atoms with E-state index in [1.807, 2.05) is 6.92 Å². The third-order valence-electron chi connectivity index (χ3n) is 2.98. The molecule has 3 N–H and O–H groups in total. The van der Waals surface area contributed by atoms with E-state index in [0.717, 1.165) is 11.6 Å². The van der Waals surface area contributed by atoms with Gasteiger partial charge in [-0.1, -0.05) is 0 Å². The van der Waals surface area contributed by atoms with Crippen molar-refractivity contribution in [3.63, 3.8) is 0 Å². The van der Waals surface area contributed by atoms with E-state index in [-0.39, 0.29) is 11.3 Å². The van der Waals surface area contributed by atoms with Crippen LogP contribution in [0.4, 0.5) is 20.2 Å². The van der Waals surface area contributed by atoms with Crippen molar-refractivity contribution in [2.75, 3.05) is 18.2 Å². The third-order valence-corrected chi connectivity index (χ3v) is 2.98. The molecular formula is C15H14F2N2O2. The first kappa shape index (κ1) is 14.8. The van der Waals surface area contributed by atoms with Crippen molar-refractivity contribution in [3.8, 4) is 5.75 Å². The maximum Gasteiger partial charge on any atom is 0.258 e. The number of rotatable bonds is 3. The molecule has 2 rings (SSSR count). The number of aryl methyl sites for hydroxylation is 1. The van der Waals surface area contributed by atoms with Crippen LogP contribution in [0.1, 0.15) is 15.9 Å². The van der Waals surface area contributed by atoms with Crippen molar-refractivity contribution < 1.29 is 18.3 Å². The quantitative estimate of drug-likeness (QED) is 0.854. The van der Waals surface area contributed by atoms with E-state index in [2.05, 4.69) is 5.32 Å². The van der Waals surface area contributed by atoms with Gasteiger partial charge in [0.1, 0.15) is 17.4 Å². The van der Waals surface area contributed by atoms with Gasteiger partial charge in [-0.25, -0.2) is 8.78 Å². The molecule has 0 radical (unpaired) electrons. The first-order valence-corrected chi connectivity index (χ1v) is 6.13. The van der Waals surface area contributed by atoms with Crippen molar-refractivity contribution >= 4 is 17.3 Å². The number of nitrogens with two attached hydrogens (primary N) is 1. The van der Waals surface area contributed by atoms with Gasteiger partial charge in [0.05, 0.1) is 18.4 Å². The second kappa shape index (κ2) is 5.78. The Balaban J connectivity index is 2.26. The van der Waals surface area contributed by atoms with Gasteiger partial charge in [0.25, 0.3) is 5.91 Å². The number of nitrogens with one attached hydrogen (secondary N) is 1. The number of carbonyl (C=O) groups excluding carboxylic acids is 1. The van der Waals surface area contributed by atoms with Gasteiger partial charge in [-0.05, 0) is 36.8 Å². The molecule has 0 fully saturated rings. The Morgan fingerprint density at radius 2 is 1.90 bits per heavy atom. The fraction of sp³-hybridized carbons (Fsp3) is 0.133. The summed E-state index contributed by atoms with van der Waals surface area (Å²) in [5.41, 5.74) is 6.03. The highest BCUT2D eigenvalue weighted by Crippen LogP contribution is 2.23. The van der Waals surface area contributed by atoms with Crippen molar-refractivity contribution in [1.82, 2.24) is 0 Å². The Labute approximate surface area is 120 Å². The zero-order chi connectivity index (χ0) is 15.6. The van der Waals surface area contributed by atoms with Crippen molar-refractivity contribution in [2.45, 2.75) is 6.92 Å². The lowest BCUT2D eigenvalue weighted by atomic mass is 10.1. The van der Waals surface area contributed by atoms with Crippen LogP contribution in [0.15, 0.2) is 30.3 Å². The summed E-state index contributed by atoms with van der Waals surface area (Å²) in [6, 6.07) is 6.54. The lowest BCUT2D eigenvalue weighted by Crippen LogP contribution is -2.15. The number of hydrogen-bond donors (Lipinski definition) is 2. The topological polar surface area (TPSA) is 64.3 Å². The monoisotopic (exact) mass is 292 g/mol. The molecule has 0 aromatic heterocycles. The molecule has 0 bridgehead atoms. The van der Waals surface area contributed by atoms with Crippen LogP contribution in [0.5, 0.6) is 5.75 Å². The van der Waals surface area contributed by atoms with Crippen LogP contribution in [0, 0.1) is 18.6 Å². The highest BCUT2D eigenvalue weighted by atomic mass is 19.1. The second-order valence-electron chi connectivity index (χ2n) is 4.49. The van der Waals surface area contributed by atoms with Crippen molar-refractivity contribution in [1.29, 1.82) is 0 Å². The second-order valence-corrected chi connectivity index (χ2v) is 4.49. The molecule has 4 nitrogen and oxygen atoms in total. The van der Waals surface area contributed by atoms with Crippen LogP contribution >= 0.6 is 0 Å². The number of benzene rings is 2. The smallest absolute Gasteiger partial charge is 0.258 e. The molecule has 0 heterocycles. The Hall–Kier alpha value is -2.63. The Morgan fingerprint density at radius 1 is 1.19 bits per heavy atom. The van der Waals surface area contributed by atoms with Gasteiger partial charge >= 0.3 is 0 Å². The molecule has 1 amide bonds. The molecule has 0 saturated heterocycles. The fourth-order valence-corrected chi connectivity index (χ4v) is 1.89. The van der Waals surface area contributed by atoms with E-state index in [4.69, 9.17) is 10.5 Å². The van der Waals surface area contributed by atoms with Crippen molar-refractivity contribution in [3.05, 3.63) is 53.1 Å². The van der Waals surface area contributed by atoms with Gasteiger partial charge in [0.2, 0.25) is 0 Å². The van der Waals surface area contributed by atoms with Crippen LogP contribution < -0.4 is 15.8 Å². The molecule has 6 heteroatoms. The number of ether oxygens (including phenoxy) is 1. The number of methoxy groups -OCH3 is 1. The molecule has 0 aliphatic heterocycles. The van der Waals surface area contributed by atoms with Gasteiger partial charge in [0, 0.05) is 11.8 Å². The average molecular weight is 292 g/mol. The molecule has 0 unspecified atom stereocenters. The lowest BCUT2D eigenvalue weighted by Gasteiger charge is -2.10. The van der Waals surface area contributed by atoms with Gasteiger partial charge in [0.15, 0.2) is 0 Å². The number of halogens is 2. The van der Waals surface area contributed by atoms with Crippen LogP contribution in [-0.4, -0.2) is 13.0 Å². The summed E-state index contributed by atoms with van der Waals surface area (Å²) >= 11 is 0. The number of hydrogen-bond acceptors (Lipinski definition) is 3. The Bertz CT molecular complexity index is 702. The first-order valence-electron chi connectivity index (χ1n) is 6.13. The van der Waals surface area contributed by atoms with E-state index in [1.165, 1.54) is 7.11 Å². The van der Waals surface area contributed by atoms with E-state index in [0.29, 0.717) is 17.5 Å². The van der Waals surface area contributed by atoms with Crippen LogP contribution in [0.2, 0.25) is 0 Å². The summed E-state index contributed by atoms with van der Waals surface area (Å²) in [6.45, 7) is 1.81. The zero-order valence-electron chi connectivity index (χ0n) is 11.5. The molecule has 0 spiro atoms. The van der Waals surface area contributed by atoms with E-state index >= 15 is 0 Å². The summed E-state index contributed by atoms with van der Waals surface area (Å²) in [5.74, 6) is -1.90. The Kier molecular flexibility index (Phi) is 4.07. The molecule has 0 saturated carbocycles. The highest BCUT2D eigenvalue weighted by Gasteiger charge is 2.15. The standard InChI is InChI=1S/C15H14F2N2O2/c1-8-5-9(3-4-14(8)21-2)19-15(20)10-6-13(18)12(17)7-11(10)16/h3-7H,18H2,1-2H3,(H,19,20). The summed E-state index contributed by atoms with van der Waals surface area (Å²) in [7, 11) is 1.54. The minimum absolute atomic E-state index is 0.285. The molecule has 2 aromatic carbocycles. The fourth-order valence-electron chi connectivity index (χ4n) is 1.89. The zero-order valence-corrected chi connectivity index (χ0v) is 11.5. The maximum atomic E-state index is 13.6. The molecule has 2 aromatic rings. The largest absolute Gasteiger partial charge is 0.496 e. The number of nitrogen functional groups attached to an aromatic ring is 1. The average Bonchev–Trinajstić information content (AvgIpc) is 2.43. The normalized spacial score (nSPS) is 10.3. The molecule has 110 valence electrons. The molecule has 0 aliphatic rings. The third kappa shape index (κ3) is 3.10. The number of amides is 1. The Morgan fingerprint density at radius 3 is 2.52 bits per heavy atom. The van der Waals surface area contributed by atoms with Crippen LogP contribution in [-0.2, 0) is 0 Å². The van der Waals surface area contributed by atoms with E-state index < -0.39 is 17.5 Å². The number of anilines is 2. The van der Waals surface area contributed by atoms with E-state index in [1.54, 1.807) is 18.2 Å². The maximum absolute atomic E-state index is 13.6. The molecule has 0 aliphatic carbocycles.